The molecule has 10 nitrogen and oxygen atoms in total. The number of carboxylic acids is 1. The quantitative estimate of drug-likeness (QED) is 0.244. The lowest BCUT2D eigenvalue weighted by molar-refractivity contribution is -0.138. The van der Waals surface area contributed by atoms with Crippen molar-refractivity contribution in [1.29, 1.82) is 0 Å². The predicted molar refractivity (Wildman–Crippen MR) is 141 cm³/mol. The number of fused-ring (bicyclic) bond motifs is 1. The molecular formula is C25H32BrN3O7. The molecule has 0 fully saturated rings. The summed E-state index contributed by atoms with van der Waals surface area (Å²) in [6.45, 7) is 6.83. The van der Waals surface area contributed by atoms with Crippen LogP contribution in [0, 0.1) is 0 Å². The molecule has 0 unspecified atom stereocenters. The SMILES string of the molecule is CC(C)(Br)C(=O)O.COC(=O)c1cccc(N)c1N.COC(=O)c1cccc2c1CC(=O)C(C)(C)N2. The number of hydrogen-bond donors (Lipinski definition) is 4. The number of hydrogen-bond acceptors (Lipinski definition) is 9. The molecular weight excluding hydrogens is 534 g/mol. The summed E-state index contributed by atoms with van der Waals surface area (Å²) < 4.78 is 8.44. The second kappa shape index (κ2) is 12.4. The Hall–Kier alpha value is -3.60. The number of ether oxygens (including phenoxy) is 2. The van der Waals surface area contributed by atoms with Crippen molar-refractivity contribution in [2.24, 2.45) is 0 Å². The number of carbonyl (C=O) groups is 4. The molecule has 1 heterocycles. The molecule has 2 aromatic carbocycles. The summed E-state index contributed by atoms with van der Waals surface area (Å²) in [6.07, 6.45) is 0.264. The van der Waals surface area contributed by atoms with Crippen molar-refractivity contribution >= 4 is 56.7 Å². The number of nitrogens with one attached hydrogen (secondary N) is 1. The summed E-state index contributed by atoms with van der Waals surface area (Å²) in [5.74, 6) is -1.65. The van der Waals surface area contributed by atoms with E-state index in [1.807, 2.05) is 19.9 Å². The number of esters is 2. The van der Waals surface area contributed by atoms with Crippen LogP contribution >= 0.6 is 15.9 Å². The van der Waals surface area contributed by atoms with E-state index in [2.05, 4.69) is 26.0 Å². The van der Waals surface area contributed by atoms with Crippen LogP contribution in [0.5, 0.6) is 0 Å². The van der Waals surface area contributed by atoms with Crippen LogP contribution in [0.2, 0.25) is 0 Å². The fraction of sp³-hybridized carbons (Fsp3) is 0.360. The number of rotatable bonds is 3. The van der Waals surface area contributed by atoms with Gasteiger partial charge in [0.05, 0.1) is 42.3 Å². The Bertz CT molecular complexity index is 1140. The molecule has 36 heavy (non-hydrogen) atoms. The Morgan fingerprint density at radius 1 is 1.00 bits per heavy atom. The fourth-order valence-corrected chi connectivity index (χ4v) is 2.85. The zero-order valence-electron chi connectivity index (χ0n) is 21.1. The van der Waals surface area contributed by atoms with E-state index in [4.69, 9.17) is 21.3 Å². The molecule has 0 aromatic heterocycles. The summed E-state index contributed by atoms with van der Waals surface area (Å²) in [6, 6.07) is 10.2. The van der Waals surface area contributed by atoms with E-state index in [1.54, 1.807) is 44.2 Å². The molecule has 0 saturated carbocycles. The average molecular weight is 566 g/mol. The van der Waals surface area contributed by atoms with Gasteiger partial charge in [-0.15, -0.1) is 0 Å². The van der Waals surface area contributed by atoms with E-state index in [1.165, 1.54) is 14.2 Å². The minimum atomic E-state index is -0.840. The highest BCUT2D eigenvalue weighted by Gasteiger charge is 2.34. The minimum absolute atomic E-state index is 0.0707. The first-order valence-electron chi connectivity index (χ1n) is 10.7. The number of carbonyl (C=O) groups excluding carboxylic acids is 3. The van der Waals surface area contributed by atoms with E-state index < -0.39 is 27.8 Å². The summed E-state index contributed by atoms with van der Waals surface area (Å²) in [5.41, 5.74) is 13.4. The molecule has 0 aliphatic carbocycles. The molecule has 1 aliphatic heterocycles. The summed E-state index contributed by atoms with van der Waals surface area (Å²) in [4.78, 5) is 44.5. The van der Waals surface area contributed by atoms with Crippen molar-refractivity contribution in [2.75, 3.05) is 31.0 Å². The predicted octanol–water partition coefficient (Wildman–Crippen LogP) is 3.67. The van der Waals surface area contributed by atoms with E-state index in [0.717, 1.165) is 11.3 Å². The highest BCUT2D eigenvalue weighted by Crippen LogP contribution is 2.31. The number of alkyl halides is 1. The van der Waals surface area contributed by atoms with Gasteiger partial charge >= 0.3 is 17.9 Å². The van der Waals surface area contributed by atoms with Crippen LogP contribution < -0.4 is 16.8 Å². The minimum Gasteiger partial charge on any atom is -0.480 e. The van der Waals surface area contributed by atoms with Gasteiger partial charge in [-0.25, -0.2) is 9.59 Å². The summed E-state index contributed by atoms with van der Waals surface area (Å²) in [7, 11) is 2.63. The number of methoxy groups -OCH3 is 2. The molecule has 2 aromatic rings. The van der Waals surface area contributed by atoms with Crippen LogP contribution in [0.4, 0.5) is 17.1 Å². The molecule has 0 spiro atoms. The van der Waals surface area contributed by atoms with Crippen LogP contribution in [0.25, 0.3) is 0 Å². The third kappa shape index (κ3) is 7.98. The summed E-state index contributed by atoms with van der Waals surface area (Å²) in [5, 5.41) is 11.4. The van der Waals surface area contributed by atoms with Gasteiger partial charge in [0.2, 0.25) is 0 Å². The third-order valence-corrected chi connectivity index (χ3v) is 5.46. The lowest BCUT2D eigenvalue weighted by Gasteiger charge is -2.32. The average Bonchev–Trinajstić information content (AvgIpc) is 2.80. The molecule has 0 amide bonds. The number of carboxylic acid groups (broad SMARTS) is 1. The highest BCUT2D eigenvalue weighted by atomic mass is 79.9. The standard InChI is InChI=1S/C13H15NO3.C8H10N2O2.C4H7BrO2/c1-13(2)11(15)7-9-8(12(16)17-3)5-4-6-10(9)14-13;1-12-8(11)5-3-2-4-6(9)7(5)10;1-4(2,5)3(6)7/h4-6,14H,7H2,1-3H3;2-4H,9-10H2,1H3;1-2H3,(H,6,7). The summed E-state index contributed by atoms with van der Waals surface area (Å²) >= 11 is 2.94. The van der Waals surface area contributed by atoms with Crippen LogP contribution in [-0.4, -0.2) is 52.9 Å². The van der Waals surface area contributed by atoms with Gasteiger partial charge in [-0.3, -0.25) is 9.59 Å². The van der Waals surface area contributed by atoms with Crippen molar-refractivity contribution in [2.45, 2.75) is 44.0 Å². The lowest BCUT2D eigenvalue weighted by Crippen LogP contribution is -2.45. The van der Waals surface area contributed by atoms with Crippen molar-refractivity contribution in [1.82, 2.24) is 0 Å². The Balaban J connectivity index is 0.000000298. The van der Waals surface area contributed by atoms with Gasteiger partial charge in [0.25, 0.3) is 0 Å². The topological polar surface area (TPSA) is 171 Å². The number of nitrogen functional groups attached to an aromatic ring is 2. The third-order valence-electron chi connectivity index (χ3n) is 5.12. The van der Waals surface area contributed by atoms with Crippen LogP contribution in [0.3, 0.4) is 0 Å². The van der Waals surface area contributed by atoms with Gasteiger partial charge in [0.1, 0.15) is 4.32 Å². The number of ketones is 1. The first kappa shape index (κ1) is 30.4. The molecule has 196 valence electrons. The maximum Gasteiger partial charge on any atom is 0.340 e. The number of halogens is 1. The van der Waals surface area contributed by atoms with Gasteiger partial charge in [-0.2, -0.15) is 0 Å². The molecule has 0 bridgehead atoms. The maximum absolute atomic E-state index is 11.9. The van der Waals surface area contributed by atoms with Gasteiger partial charge in [0, 0.05) is 12.1 Å². The van der Waals surface area contributed by atoms with Crippen molar-refractivity contribution in [3.63, 3.8) is 0 Å². The molecule has 0 atom stereocenters. The van der Waals surface area contributed by atoms with Crippen LogP contribution in [0.15, 0.2) is 36.4 Å². The molecule has 0 saturated heterocycles. The largest absolute Gasteiger partial charge is 0.480 e. The Morgan fingerprint density at radius 3 is 1.97 bits per heavy atom. The first-order valence-corrected chi connectivity index (χ1v) is 11.5. The second-order valence-corrected chi connectivity index (χ2v) is 10.7. The van der Waals surface area contributed by atoms with Gasteiger partial charge < -0.3 is 31.4 Å². The molecule has 0 radical (unpaired) electrons. The number of nitrogens with two attached hydrogens (primary N) is 2. The van der Waals surface area contributed by atoms with Crippen LogP contribution in [0.1, 0.15) is 54.0 Å². The number of aliphatic carboxylic acids is 1. The zero-order valence-corrected chi connectivity index (χ0v) is 22.7. The van der Waals surface area contributed by atoms with Gasteiger partial charge in [0.15, 0.2) is 5.78 Å². The zero-order chi connectivity index (χ0) is 27.8. The number of anilines is 3. The first-order chi connectivity index (χ1) is 16.6. The number of benzene rings is 2. The van der Waals surface area contributed by atoms with E-state index in [0.29, 0.717) is 16.8 Å². The number of para-hydroxylation sites is 1. The van der Waals surface area contributed by atoms with Crippen molar-refractivity contribution in [3.8, 4) is 0 Å². The molecule has 11 heteroatoms. The van der Waals surface area contributed by atoms with Crippen molar-refractivity contribution < 1.29 is 33.8 Å². The highest BCUT2D eigenvalue weighted by molar-refractivity contribution is 9.10. The van der Waals surface area contributed by atoms with Crippen molar-refractivity contribution in [3.05, 3.63) is 53.1 Å². The lowest BCUT2D eigenvalue weighted by atomic mass is 9.86. The number of Topliss-reactive ketones (excluding diaryl/α,β-unsaturated/α-hetero) is 1. The van der Waals surface area contributed by atoms with Gasteiger partial charge in [-0.05, 0) is 57.5 Å². The smallest absolute Gasteiger partial charge is 0.340 e. The van der Waals surface area contributed by atoms with Gasteiger partial charge in [-0.1, -0.05) is 28.1 Å². The second-order valence-electron chi connectivity index (χ2n) is 8.75. The maximum atomic E-state index is 11.9. The fourth-order valence-electron chi connectivity index (χ4n) is 2.85. The Kier molecular flexibility index (Phi) is 10.5. The Labute approximate surface area is 218 Å². The molecule has 6 N–H and O–H groups in total. The van der Waals surface area contributed by atoms with Crippen LogP contribution in [-0.2, 0) is 25.5 Å². The Morgan fingerprint density at radius 2 is 1.47 bits per heavy atom. The normalized spacial score (nSPS) is 13.4. The molecule has 1 aliphatic rings. The molecule has 3 rings (SSSR count). The van der Waals surface area contributed by atoms with E-state index in [9.17, 15) is 19.2 Å². The van der Waals surface area contributed by atoms with E-state index in [-0.39, 0.29) is 17.9 Å². The van der Waals surface area contributed by atoms with E-state index >= 15 is 0 Å². The monoisotopic (exact) mass is 565 g/mol.